The number of benzene rings is 2. The summed E-state index contributed by atoms with van der Waals surface area (Å²) in [5.74, 6) is -3.78. The van der Waals surface area contributed by atoms with Crippen LogP contribution in [0.5, 0.6) is 5.75 Å². The molecule has 0 radical (unpaired) electrons. The van der Waals surface area contributed by atoms with Gasteiger partial charge in [0.1, 0.15) is 11.7 Å². The molecule has 2 aromatic carbocycles. The highest BCUT2D eigenvalue weighted by atomic mass is 19.2. The van der Waals surface area contributed by atoms with Crippen LogP contribution < -0.4 is 15.5 Å². The van der Waals surface area contributed by atoms with Gasteiger partial charge in [-0.05, 0) is 50.8 Å². The lowest BCUT2D eigenvalue weighted by atomic mass is 9.84. The molecule has 0 amide bonds. The number of aromatic nitrogens is 1. The number of aliphatic hydroxyl groups excluding tert-OH is 1. The molecule has 2 aliphatic rings. The van der Waals surface area contributed by atoms with E-state index in [2.05, 4.69) is 5.32 Å². The number of carbonyl (C=O) groups is 1. The molecule has 1 aliphatic heterocycles. The summed E-state index contributed by atoms with van der Waals surface area (Å²) < 4.78 is 43.5. The Morgan fingerprint density at radius 1 is 1.26 bits per heavy atom. The van der Waals surface area contributed by atoms with Crippen LogP contribution in [0.4, 0.5) is 8.78 Å². The number of hydrogen-bond donors (Lipinski definition) is 3. The topological polar surface area (TPSA) is 110 Å². The number of aliphatic hydroxyl groups is 2. The van der Waals surface area contributed by atoms with Crippen molar-refractivity contribution in [3.8, 4) is 5.75 Å². The SMILES string of the molecule is CCOC(=O)c1cn(C2CC2)c2c(OC(Cc3ccccc3)C3C[C@@](O)(CO)CCN3)c(F)c(F)cc2c1=O. The summed E-state index contributed by atoms with van der Waals surface area (Å²) in [5.41, 5.74) is -1.43. The molecule has 0 spiro atoms. The fourth-order valence-corrected chi connectivity index (χ4v) is 5.28. The van der Waals surface area contributed by atoms with E-state index in [-0.39, 0.29) is 42.0 Å². The minimum atomic E-state index is -1.35. The predicted molar refractivity (Wildman–Crippen MR) is 140 cm³/mol. The Morgan fingerprint density at radius 2 is 2.00 bits per heavy atom. The number of halogens is 2. The van der Waals surface area contributed by atoms with E-state index in [1.54, 1.807) is 11.5 Å². The molecular weight excluding hydrogens is 510 g/mol. The second-order valence-corrected chi connectivity index (χ2v) is 10.4. The Labute approximate surface area is 224 Å². The molecule has 8 nitrogen and oxygen atoms in total. The van der Waals surface area contributed by atoms with Gasteiger partial charge in [-0.15, -0.1) is 0 Å². The summed E-state index contributed by atoms with van der Waals surface area (Å²) in [6, 6.07) is 9.48. The van der Waals surface area contributed by atoms with Crippen LogP contribution >= 0.6 is 0 Å². The summed E-state index contributed by atoms with van der Waals surface area (Å²) in [6.45, 7) is 1.61. The standard InChI is InChI=1S/C29H32F2N2O6/c1-2-38-28(36)20-15-33(18-8-9-18)25-19(26(20)35)13-21(30)24(31)27(25)39-23(12-17-6-4-3-5-7-17)22-14-29(37,16-34)10-11-32-22/h3-7,13,15,18,22-23,32,34,37H,2,8-12,14,16H2,1H3/t22?,23?,29-/m1/s1. The normalized spacial score (nSPS) is 22.0. The molecule has 10 heteroatoms. The van der Waals surface area contributed by atoms with Crippen molar-refractivity contribution in [3.05, 3.63) is 75.6 Å². The zero-order chi connectivity index (χ0) is 27.7. The third kappa shape index (κ3) is 5.54. The Hall–Kier alpha value is -3.34. The van der Waals surface area contributed by atoms with Crippen LogP contribution in [0.1, 0.15) is 54.6 Å². The Balaban J connectivity index is 1.65. The monoisotopic (exact) mass is 542 g/mol. The summed E-state index contributed by atoms with van der Waals surface area (Å²) in [5, 5.41) is 23.7. The number of carbonyl (C=O) groups excluding carboxylic acids is 1. The van der Waals surface area contributed by atoms with Crippen LogP contribution in [-0.4, -0.2) is 58.3 Å². The Kier molecular flexibility index (Phi) is 7.70. The van der Waals surface area contributed by atoms with E-state index < -0.39 is 53.1 Å². The minimum Gasteiger partial charge on any atom is -0.483 e. The molecule has 0 bridgehead atoms. The highest BCUT2D eigenvalue weighted by Crippen LogP contribution is 2.41. The first-order valence-electron chi connectivity index (χ1n) is 13.3. The van der Waals surface area contributed by atoms with Crippen molar-refractivity contribution >= 4 is 16.9 Å². The lowest BCUT2D eigenvalue weighted by Crippen LogP contribution is -2.56. The minimum absolute atomic E-state index is 0.0572. The number of nitrogens with zero attached hydrogens (tertiary/aromatic N) is 1. The average Bonchev–Trinajstić information content (AvgIpc) is 3.77. The molecule has 2 heterocycles. The van der Waals surface area contributed by atoms with Crippen molar-refractivity contribution in [3.63, 3.8) is 0 Å². The largest absolute Gasteiger partial charge is 0.483 e. The molecule has 1 aliphatic carbocycles. The van der Waals surface area contributed by atoms with E-state index in [1.165, 1.54) is 6.20 Å². The molecule has 3 N–H and O–H groups in total. The van der Waals surface area contributed by atoms with E-state index in [9.17, 15) is 19.8 Å². The van der Waals surface area contributed by atoms with Gasteiger partial charge in [0.25, 0.3) is 0 Å². The maximum atomic E-state index is 15.6. The van der Waals surface area contributed by atoms with Gasteiger partial charge in [0.15, 0.2) is 11.6 Å². The van der Waals surface area contributed by atoms with Gasteiger partial charge in [0.05, 0.1) is 29.7 Å². The molecule has 3 aromatic rings. The molecule has 5 rings (SSSR count). The first-order chi connectivity index (χ1) is 18.7. The Bertz CT molecular complexity index is 1430. The highest BCUT2D eigenvalue weighted by Gasteiger charge is 2.39. The van der Waals surface area contributed by atoms with Crippen molar-refractivity contribution in [1.29, 1.82) is 0 Å². The molecule has 2 unspecified atom stereocenters. The smallest absolute Gasteiger partial charge is 0.343 e. The van der Waals surface area contributed by atoms with Crippen LogP contribution in [0.3, 0.4) is 0 Å². The van der Waals surface area contributed by atoms with Crippen LogP contribution in [0.25, 0.3) is 10.9 Å². The van der Waals surface area contributed by atoms with Crippen LogP contribution in [0, 0.1) is 11.6 Å². The predicted octanol–water partition coefficient (Wildman–Crippen LogP) is 3.26. The molecule has 39 heavy (non-hydrogen) atoms. The number of esters is 1. The number of nitrogens with one attached hydrogen (secondary N) is 1. The quantitative estimate of drug-likeness (QED) is 0.356. The van der Waals surface area contributed by atoms with E-state index in [0.717, 1.165) is 24.5 Å². The van der Waals surface area contributed by atoms with Crippen LogP contribution in [-0.2, 0) is 11.2 Å². The number of rotatable bonds is 9. The molecule has 1 aromatic heterocycles. The van der Waals surface area contributed by atoms with Gasteiger partial charge < -0.3 is 29.6 Å². The molecule has 2 fully saturated rings. The molecular formula is C29H32F2N2O6. The van der Waals surface area contributed by atoms with Gasteiger partial charge in [-0.2, -0.15) is 4.39 Å². The first-order valence-corrected chi connectivity index (χ1v) is 13.3. The van der Waals surface area contributed by atoms with Crippen LogP contribution in [0.15, 0.2) is 47.4 Å². The van der Waals surface area contributed by atoms with Crippen molar-refractivity contribution in [2.24, 2.45) is 0 Å². The van der Waals surface area contributed by atoms with E-state index in [0.29, 0.717) is 13.0 Å². The third-order valence-corrected chi connectivity index (χ3v) is 7.49. The molecule has 1 saturated carbocycles. The molecule has 3 atom stereocenters. The zero-order valence-electron chi connectivity index (χ0n) is 21.7. The Morgan fingerprint density at radius 3 is 2.67 bits per heavy atom. The van der Waals surface area contributed by atoms with Gasteiger partial charge in [-0.1, -0.05) is 30.3 Å². The van der Waals surface area contributed by atoms with Crippen LogP contribution in [0.2, 0.25) is 0 Å². The van der Waals surface area contributed by atoms with E-state index >= 15 is 8.78 Å². The lowest BCUT2D eigenvalue weighted by molar-refractivity contribution is -0.0602. The molecule has 1 saturated heterocycles. The van der Waals surface area contributed by atoms with Gasteiger partial charge in [0, 0.05) is 24.7 Å². The summed E-state index contributed by atoms with van der Waals surface area (Å²) in [4.78, 5) is 25.9. The summed E-state index contributed by atoms with van der Waals surface area (Å²) in [7, 11) is 0. The number of ether oxygens (including phenoxy) is 2. The van der Waals surface area contributed by atoms with Crippen molar-refractivity contribution in [1.82, 2.24) is 9.88 Å². The van der Waals surface area contributed by atoms with Crippen molar-refractivity contribution in [2.75, 3.05) is 19.8 Å². The van der Waals surface area contributed by atoms with Gasteiger partial charge in [-0.3, -0.25) is 4.79 Å². The second-order valence-electron chi connectivity index (χ2n) is 10.4. The maximum absolute atomic E-state index is 15.6. The summed E-state index contributed by atoms with van der Waals surface area (Å²) in [6.07, 6.45) is 2.76. The summed E-state index contributed by atoms with van der Waals surface area (Å²) >= 11 is 0. The maximum Gasteiger partial charge on any atom is 0.343 e. The second kappa shape index (κ2) is 11.0. The number of fused-ring (bicyclic) bond motifs is 1. The lowest BCUT2D eigenvalue weighted by Gasteiger charge is -2.40. The number of piperidine rings is 1. The third-order valence-electron chi connectivity index (χ3n) is 7.49. The fourth-order valence-electron chi connectivity index (χ4n) is 5.28. The number of hydrogen-bond acceptors (Lipinski definition) is 7. The van der Waals surface area contributed by atoms with Gasteiger partial charge in [-0.25, -0.2) is 9.18 Å². The average molecular weight is 543 g/mol. The highest BCUT2D eigenvalue weighted by molar-refractivity contribution is 5.95. The van der Waals surface area contributed by atoms with E-state index in [1.807, 2.05) is 30.3 Å². The van der Waals surface area contributed by atoms with Crippen molar-refractivity contribution < 1.29 is 33.3 Å². The molecule has 208 valence electrons. The first kappa shape index (κ1) is 27.2. The van der Waals surface area contributed by atoms with E-state index in [4.69, 9.17) is 9.47 Å². The van der Waals surface area contributed by atoms with Gasteiger partial charge >= 0.3 is 5.97 Å². The van der Waals surface area contributed by atoms with Gasteiger partial charge in [0.2, 0.25) is 11.2 Å². The van der Waals surface area contributed by atoms with Crippen molar-refractivity contribution in [2.45, 2.75) is 62.8 Å². The number of pyridine rings is 1. The fraction of sp³-hybridized carbons (Fsp3) is 0.448. The zero-order valence-corrected chi connectivity index (χ0v) is 21.7.